The van der Waals surface area contributed by atoms with Crippen molar-refractivity contribution in [1.82, 2.24) is 10.2 Å². The van der Waals surface area contributed by atoms with Gasteiger partial charge in [0.25, 0.3) is 0 Å². The van der Waals surface area contributed by atoms with Crippen molar-refractivity contribution in [3.8, 4) is 0 Å². The maximum absolute atomic E-state index is 3.48. The van der Waals surface area contributed by atoms with Crippen molar-refractivity contribution in [2.45, 2.75) is 37.6 Å². The van der Waals surface area contributed by atoms with Gasteiger partial charge in [-0.2, -0.15) is 0 Å². The molecule has 1 aromatic rings. The first-order valence-corrected chi connectivity index (χ1v) is 7.43. The van der Waals surface area contributed by atoms with Crippen LogP contribution in [0.4, 0.5) is 0 Å². The first-order valence-electron chi connectivity index (χ1n) is 7.43. The highest BCUT2D eigenvalue weighted by molar-refractivity contribution is 5.85. The molecule has 1 saturated heterocycles. The van der Waals surface area contributed by atoms with Crippen LogP contribution in [0, 0.1) is 0 Å². The van der Waals surface area contributed by atoms with E-state index in [9.17, 15) is 0 Å². The normalized spacial score (nSPS) is 22.4. The van der Waals surface area contributed by atoms with Crippen LogP contribution in [0.25, 0.3) is 0 Å². The molecule has 1 aliphatic carbocycles. The second-order valence-corrected chi connectivity index (χ2v) is 5.70. The van der Waals surface area contributed by atoms with Gasteiger partial charge in [0.05, 0.1) is 0 Å². The van der Waals surface area contributed by atoms with Gasteiger partial charge in [-0.3, -0.25) is 4.90 Å². The molecule has 1 N–H and O–H groups in total. The van der Waals surface area contributed by atoms with E-state index in [1.165, 1.54) is 45.2 Å². The molecule has 0 bridgehead atoms. The number of piperazine rings is 1. The minimum absolute atomic E-state index is 0. The van der Waals surface area contributed by atoms with Gasteiger partial charge in [-0.15, -0.1) is 24.8 Å². The highest BCUT2D eigenvalue weighted by Gasteiger charge is 2.39. The van der Waals surface area contributed by atoms with Gasteiger partial charge in [-0.25, -0.2) is 0 Å². The third-order valence-electron chi connectivity index (χ3n) is 4.71. The fourth-order valence-electron chi connectivity index (χ4n) is 3.77. The summed E-state index contributed by atoms with van der Waals surface area (Å²) in [5.41, 5.74) is 1.88. The van der Waals surface area contributed by atoms with E-state index >= 15 is 0 Å². The SMILES string of the molecule is Cl.Cl.c1ccc(C2(N3CCNCC3)CCCCC2)cc1. The van der Waals surface area contributed by atoms with Gasteiger partial charge in [0.1, 0.15) is 0 Å². The van der Waals surface area contributed by atoms with Crippen LogP contribution in [-0.4, -0.2) is 31.1 Å². The van der Waals surface area contributed by atoms with Crippen molar-refractivity contribution >= 4 is 24.8 Å². The van der Waals surface area contributed by atoms with Crippen LogP contribution < -0.4 is 5.32 Å². The molecule has 114 valence electrons. The van der Waals surface area contributed by atoms with Crippen molar-refractivity contribution in [3.05, 3.63) is 35.9 Å². The number of hydrogen-bond acceptors (Lipinski definition) is 2. The molecule has 0 unspecified atom stereocenters. The first kappa shape index (κ1) is 17.8. The molecular formula is C16H26Cl2N2. The van der Waals surface area contributed by atoms with E-state index in [2.05, 4.69) is 40.5 Å². The molecule has 1 heterocycles. The predicted octanol–water partition coefficient (Wildman–Crippen LogP) is 3.59. The van der Waals surface area contributed by atoms with E-state index < -0.39 is 0 Å². The summed E-state index contributed by atoms with van der Waals surface area (Å²) in [5, 5.41) is 3.48. The van der Waals surface area contributed by atoms with Crippen molar-refractivity contribution < 1.29 is 0 Å². The summed E-state index contributed by atoms with van der Waals surface area (Å²) in [6.07, 6.45) is 6.88. The lowest BCUT2D eigenvalue weighted by molar-refractivity contribution is 0.0362. The molecule has 0 atom stereocenters. The van der Waals surface area contributed by atoms with E-state index in [0.29, 0.717) is 5.54 Å². The third-order valence-corrected chi connectivity index (χ3v) is 4.71. The Kier molecular flexibility index (Phi) is 7.32. The molecule has 2 nitrogen and oxygen atoms in total. The van der Waals surface area contributed by atoms with Crippen LogP contribution in [0.15, 0.2) is 30.3 Å². The minimum Gasteiger partial charge on any atom is -0.314 e. The lowest BCUT2D eigenvalue weighted by atomic mass is 9.75. The van der Waals surface area contributed by atoms with Gasteiger partial charge in [0.2, 0.25) is 0 Å². The highest BCUT2D eigenvalue weighted by atomic mass is 35.5. The molecule has 1 aromatic carbocycles. The smallest absolute Gasteiger partial charge is 0.0461 e. The average Bonchev–Trinajstić information content (AvgIpc) is 2.50. The fraction of sp³-hybridized carbons (Fsp3) is 0.625. The lowest BCUT2D eigenvalue weighted by Gasteiger charge is -2.48. The zero-order valence-electron chi connectivity index (χ0n) is 12.0. The number of halogens is 2. The summed E-state index contributed by atoms with van der Waals surface area (Å²) < 4.78 is 0. The van der Waals surface area contributed by atoms with Crippen molar-refractivity contribution in [2.24, 2.45) is 0 Å². The van der Waals surface area contributed by atoms with Gasteiger partial charge in [0.15, 0.2) is 0 Å². The fourth-order valence-corrected chi connectivity index (χ4v) is 3.77. The predicted molar refractivity (Wildman–Crippen MR) is 90.1 cm³/mol. The Labute approximate surface area is 135 Å². The summed E-state index contributed by atoms with van der Waals surface area (Å²) in [7, 11) is 0. The van der Waals surface area contributed by atoms with Crippen molar-refractivity contribution in [3.63, 3.8) is 0 Å². The largest absolute Gasteiger partial charge is 0.314 e. The topological polar surface area (TPSA) is 15.3 Å². The van der Waals surface area contributed by atoms with E-state index in [1.54, 1.807) is 5.56 Å². The molecule has 4 heteroatoms. The van der Waals surface area contributed by atoms with Crippen LogP contribution in [0.1, 0.15) is 37.7 Å². The molecule has 1 aliphatic heterocycles. The van der Waals surface area contributed by atoms with Crippen LogP contribution in [0.3, 0.4) is 0 Å². The number of rotatable bonds is 2. The molecular weight excluding hydrogens is 291 g/mol. The first-order chi connectivity index (χ1) is 8.92. The van der Waals surface area contributed by atoms with Crippen LogP contribution in [0.2, 0.25) is 0 Å². The molecule has 20 heavy (non-hydrogen) atoms. The second kappa shape index (κ2) is 8.23. The third kappa shape index (κ3) is 3.48. The molecule has 0 radical (unpaired) electrons. The van der Waals surface area contributed by atoms with Gasteiger partial charge >= 0.3 is 0 Å². The summed E-state index contributed by atoms with van der Waals surface area (Å²) in [6, 6.07) is 11.2. The zero-order chi connectivity index (χ0) is 12.3. The molecule has 0 spiro atoms. The Bertz CT molecular complexity index is 371. The number of nitrogens with zero attached hydrogens (tertiary/aromatic N) is 1. The van der Waals surface area contributed by atoms with Crippen molar-refractivity contribution in [1.29, 1.82) is 0 Å². The Balaban J connectivity index is 0.000001000. The van der Waals surface area contributed by atoms with E-state index in [4.69, 9.17) is 0 Å². The standard InChI is InChI=1S/C16H24N2.2ClH/c1-3-7-15(8-4-1)16(9-5-2-6-10-16)18-13-11-17-12-14-18;;/h1,3-4,7-8,17H,2,5-6,9-14H2;2*1H. The highest BCUT2D eigenvalue weighted by Crippen LogP contribution is 2.42. The van der Waals surface area contributed by atoms with E-state index in [0.717, 1.165) is 13.1 Å². The molecule has 2 aliphatic rings. The summed E-state index contributed by atoms with van der Waals surface area (Å²) >= 11 is 0. The quantitative estimate of drug-likeness (QED) is 0.897. The summed E-state index contributed by atoms with van der Waals surface area (Å²) in [5.74, 6) is 0. The van der Waals surface area contributed by atoms with E-state index in [-0.39, 0.29) is 24.8 Å². The maximum atomic E-state index is 3.48. The maximum Gasteiger partial charge on any atom is 0.0461 e. The van der Waals surface area contributed by atoms with E-state index in [1.807, 2.05) is 0 Å². The Morgan fingerprint density at radius 3 is 2.05 bits per heavy atom. The molecule has 2 fully saturated rings. The van der Waals surface area contributed by atoms with Gasteiger partial charge in [-0.1, -0.05) is 49.6 Å². The van der Waals surface area contributed by atoms with Crippen LogP contribution >= 0.6 is 24.8 Å². The van der Waals surface area contributed by atoms with Gasteiger partial charge in [0, 0.05) is 31.7 Å². The molecule has 3 rings (SSSR count). The number of nitrogens with one attached hydrogen (secondary N) is 1. The number of benzene rings is 1. The van der Waals surface area contributed by atoms with Gasteiger partial charge < -0.3 is 5.32 Å². The van der Waals surface area contributed by atoms with Crippen LogP contribution in [0.5, 0.6) is 0 Å². The van der Waals surface area contributed by atoms with Crippen LogP contribution in [-0.2, 0) is 5.54 Å². The number of hydrogen-bond donors (Lipinski definition) is 1. The second-order valence-electron chi connectivity index (χ2n) is 5.70. The minimum atomic E-state index is 0. The molecule has 0 amide bonds. The van der Waals surface area contributed by atoms with Gasteiger partial charge in [-0.05, 0) is 18.4 Å². The Morgan fingerprint density at radius 2 is 1.45 bits per heavy atom. The monoisotopic (exact) mass is 316 g/mol. The van der Waals surface area contributed by atoms with Crippen molar-refractivity contribution in [2.75, 3.05) is 26.2 Å². The Hall–Kier alpha value is -0.280. The molecule has 0 aromatic heterocycles. The summed E-state index contributed by atoms with van der Waals surface area (Å²) in [4.78, 5) is 2.75. The summed E-state index contributed by atoms with van der Waals surface area (Å²) in [6.45, 7) is 4.70. The Morgan fingerprint density at radius 1 is 0.850 bits per heavy atom. The molecule has 1 saturated carbocycles. The lowest BCUT2D eigenvalue weighted by Crippen LogP contribution is -2.55. The zero-order valence-corrected chi connectivity index (χ0v) is 13.6. The average molecular weight is 317 g/mol.